The summed E-state index contributed by atoms with van der Waals surface area (Å²) in [6.45, 7) is 17.6. The fourth-order valence-corrected chi connectivity index (χ4v) is 6.71. The molecular formula is C33H45N5O3SSi. The van der Waals surface area contributed by atoms with Crippen LogP contribution in [0.4, 0.5) is 0 Å². The largest absolute Gasteiger partial charge is 0.598 e. The van der Waals surface area contributed by atoms with E-state index in [0.29, 0.717) is 19.4 Å². The van der Waals surface area contributed by atoms with E-state index in [1.165, 1.54) is 0 Å². The summed E-state index contributed by atoms with van der Waals surface area (Å²) in [5, 5.41) is 15.8. The first kappa shape index (κ1) is 31.8. The van der Waals surface area contributed by atoms with Crippen LogP contribution in [0.3, 0.4) is 0 Å². The summed E-state index contributed by atoms with van der Waals surface area (Å²) in [4.78, 5) is 9.95. The normalized spacial score (nSPS) is 19.3. The second-order valence-corrected chi connectivity index (χ2v) is 21.0. The first-order valence-electron chi connectivity index (χ1n) is 15.0. The standard InChI is InChI=1S/C33H45N5O3SSi/c1-32(2,3)42(40)37-31(24-17-26(39)18-24)28-13-10-12-27(36-28)22-15-16-23-20-34-38(29(23)19-22)30-14-9-11-25(35-30)21-41-43(7,8)33(4,5)6/h9-16,19-20,24,26,31,37,39H,17-18,21H2,1-8H3/t24?,26?,31-,42-/m1/s1. The zero-order valence-corrected chi connectivity index (χ0v) is 28.4. The Labute approximate surface area is 259 Å². The average molecular weight is 620 g/mol. The first-order chi connectivity index (χ1) is 20.1. The van der Waals surface area contributed by atoms with Crippen LogP contribution in [0.15, 0.2) is 60.8 Å². The summed E-state index contributed by atoms with van der Waals surface area (Å²) in [7, 11) is -1.90. The van der Waals surface area contributed by atoms with Gasteiger partial charge in [0.05, 0.1) is 47.5 Å². The second-order valence-electron chi connectivity index (χ2n) is 14.2. The number of nitrogens with zero attached hydrogens (tertiary/aromatic N) is 4. The third kappa shape index (κ3) is 7.05. The molecule has 0 saturated heterocycles. The Bertz CT molecular complexity index is 1570. The number of aromatic nitrogens is 4. The van der Waals surface area contributed by atoms with E-state index in [4.69, 9.17) is 14.4 Å². The lowest BCUT2D eigenvalue weighted by atomic mass is 9.76. The molecule has 8 nitrogen and oxygen atoms in total. The highest BCUT2D eigenvalue weighted by molar-refractivity contribution is 7.90. The lowest BCUT2D eigenvalue weighted by Crippen LogP contribution is -2.46. The van der Waals surface area contributed by atoms with Gasteiger partial charge in [-0.2, -0.15) is 5.10 Å². The second kappa shape index (κ2) is 12.1. The summed E-state index contributed by atoms with van der Waals surface area (Å²) in [5.74, 6) is 0.912. The molecule has 4 aromatic rings. The molecule has 2 atom stereocenters. The van der Waals surface area contributed by atoms with Crippen LogP contribution in [0.5, 0.6) is 0 Å². The van der Waals surface area contributed by atoms with Crippen molar-refractivity contribution in [1.82, 2.24) is 24.5 Å². The number of hydrogen-bond donors (Lipinski definition) is 2. The van der Waals surface area contributed by atoms with Crippen molar-refractivity contribution in [2.24, 2.45) is 5.92 Å². The molecule has 0 bridgehead atoms. The molecule has 3 heterocycles. The minimum Gasteiger partial charge on any atom is -0.598 e. The van der Waals surface area contributed by atoms with E-state index in [2.05, 4.69) is 61.9 Å². The lowest BCUT2D eigenvalue weighted by Gasteiger charge is -2.38. The molecular weight excluding hydrogens is 575 g/mol. The Morgan fingerprint density at radius 3 is 2.44 bits per heavy atom. The van der Waals surface area contributed by atoms with Gasteiger partial charge in [0.15, 0.2) is 14.1 Å². The highest BCUT2D eigenvalue weighted by atomic mass is 32.2. The van der Waals surface area contributed by atoms with E-state index >= 15 is 0 Å². The topological polar surface area (TPSA) is 108 Å². The summed E-state index contributed by atoms with van der Waals surface area (Å²) < 4.78 is 24.3. The van der Waals surface area contributed by atoms with Crippen LogP contribution in [0, 0.1) is 5.92 Å². The van der Waals surface area contributed by atoms with E-state index in [1.54, 1.807) is 0 Å². The maximum atomic E-state index is 13.1. The Kier molecular flexibility index (Phi) is 8.92. The van der Waals surface area contributed by atoms with E-state index in [-0.39, 0.29) is 23.1 Å². The Morgan fingerprint density at radius 1 is 1.05 bits per heavy atom. The summed E-state index contributed by atoms with van der Waals surface area (Å²) in [5.41, 5.74) is 4.42. The predicted molar refractivity (Wildman–Crippen MR) is 177 cm³/mol. The molecule has 230 valence electrons. The molecule has 5 rings (SSSR count). The minimum absolute atomic E-state index is 0.128. The molecule has 43 heavy (non-hydrogen) atoms. The Balaban J connectivity index is 1.43. The van der Waals surface area contributed by atoms with E-state index in [9.17, 15) is 9.66 Å². The molecule has 1 aromatic carbocycles. The van der Waals surface area contributed by atoms with Gasteiger partial charge in [0.1, 0.15) is 4.75 Å². The van der Waals surface area contributed by atoms with Crippen LogP contribution in [0.1, 0.15) is 71.8 Å². The average Bonchev–Trinajstić information content (AvgIpc) is 3.36. The molecule has 0 spiro atoms. The minimum atomic E-state index is -1.90. The number of benzene rings is 1. The van der Waals surface area contributed by atoms with Crippen molar-refractivity contribution in [2.45, 2.75) is 96.0 Å². The van der Waals surface area contributed by atoms with Gasteiger partial charge in [0, 0.05) is 22.3 Å². The molecule has 0 amide bonds. The molecule has 2 N–H and O–H groups in total. The van der Waals surface area contributed by atoms with Crippen LogP contribution < -0.4 is 4.72 Å². The molecule has 10 heteroatoms. The highest BCUT2D eigenvalue weighted by Gasteiger charge is 2.40. The SMILES string of the molecule is CC(C)(C)[S@@+]([O-])N[C@@H](c1cccc(-c2ccc3cnn(-c4cccc(CO[Si](C)(C)C(C)(C)C)n4)c3c2)n1)C1CC(O)C1. The van der Waals surface area contributed by atoms with Crippen molar-refractivity contribution in [3.05, 3.63) is 72.2 Å². The maximum absolute atomic E-state index is 13.1. The van der Waals surface area contributed by atoms with Gasteiger partial charge in [-0.1, -0.05) is 45.0 Å². The van der Waals surface area contributed by atoms with Gasteiger partial charge in [0.2, 0.25) is 0 Å². The van der Waals surface area contributed by atoms with Crippen LogP contribution in [-0.2, 0) is 22.4 Å². The molecule has 1 aliphatic carbocycles. The Morgan fingerprint density at radius 2 is 1.77 bits per heavy atom. The molecule has 0 radical (unpaired) electrons. The number of pyridine rings is 2. The predicted octanol–water partition coefficient (Wildman–Crippen LogP) is 6.87. The quantitative estimate of drug-likeness (QED) is 0.156. The monoisotopic (exact) mass is 619 g/mol. The van der Waals surface area contributed by atoms with Crippen LogP contribution >= 0.6 is 0 Å². The van der Waals surface area contributed by atoms with Gasteiger partial charge in [-0.05, 0) is 88.0 Å². The fourth-order valence-electron chi connectivity index (χ4n) is 4.87. The maximum Gasteiger partial charge on any atom is 0.192 e. The molecule has 1 aliphatic rings. The Hall–Kier alpha value is -2.60. The molecule has 1 fully saturated rings. The number of nitrogens with one attached hydrogen (secondary N) is 1. The van der Waals surface area contributed by atoms with Gasteiger partial charge in [0.25, 0.3) is 0 Å². The smallest absolute Gasteiger partial charge is 0.192 e. The van der Waals surface area contributed by atoms with Crippen molar-refractivity contribution in [3.8, 4) is 17.1 Å². The molecule has 0 aliphatic heterocycles. The number of hydrogen-bond acceptors (Lipinski definition) is 7. The van der Waals surface area contributed by atoms with Crippen molar-refractivity contribution < 1.29 is 14.1 Å². The summed E-state index contributed by atoms with van der Waals surface area (Å²) in [6.07, 6.45) is 2.88. The number of rotatable bonds is 9. The molecule has 1 saturated carbocycles. The van der Waals surface area contributed by atoms with E-state index in [0.717, 1.165) is 39.4 Å². The number of fused-ring (bicyclic) bond motifs is 1. The van der Waals surface area contributed by atoms with E-state index in [1.807, 2.05) is 68.0 Å². The zero-order valence-electron chi connectivity index (χ0n) is 26.6. The van der Waals surface area contributed by atoms with Gasteiger partial charge in [-0.3, -0.25) is 4.98 Å². The summed E-state index contributed by atoms with van der Waals surface area (Å²) >= 11 is -1.27. The third-order valence-electron chi connectivity index (χ3n) is 8.76. The van der Waals surface area contributed by atoms with Gasteiger partial charge >= 0.3 is 0 Å². The first-order valence-corrected chi connectivity index (χ1v) is 19.1. The van der Waals surface area contributed by atoms with Gasteiger partial charge < -0.3 is 14.1 Å². The van der Waals surface area contributed by atoms with Gasteiger partial charge in [-0.15, -0.1) is 4.72 Å². The summed E-state index contributed by atoms with van der Waals surface area (Å²) in [6, 6.07) is 17.9. The van der Waals surface area contributed by atoms with Crippen LogP contribution in [0.2, 0.25) is 18.1 Å². The number of aliphatic hydroxyl groups is 1. The van der Waals surface area contributed by atoms with Crippen molar-refractivity contribution >= 4 is 30.6 Å². The highest BCUT2D eigenvalue weighted by Crippen LogP contribution is 2.40. The van der Waals surface area contributed by atoms with Gasteiger partial charge in [-0.25, -0.2) is 9.67 Å². The van der Waals surface area contributed by atoms with Crippen molar-refractivity contribution in [1.29, 1.82) is 0 Å². The molecule has 0 unspecified atom stereocenters. The van der Waals surface area contributed by atoms with Crippen LogP contribution in [-0.4, -0.2) is 48.6 Å². The van der Waals surface area contributed by atoms with Crippen LogP contribution in [0.25, 0.3) is 28.0 Å². The fraction of sp³-hybridized carbons (Fsp3) is 0.485. The number of aliphatic hydroxyl groups excluding tert-OH is 1. The lowest BCUT2D eigenvalue weighted by molar-refractivity contribution is 0.0273. The van der Waals surface area contributed by atoms with Crippen molar-refractivity contribution in [2.75, 3.05) is 0 Å². The zero-order chi connectivity index (χ0) is 31.2. The molecule has 3 aromatic heterocycles. The van der Waals surface area contributed by atoms with Crippen molar-refractivity contribution in [3.63, 3.8) is 0 Å². The van der Waals surface area contributed by atoms with E-state index < -0.39 is 24.4 Å². The third-order valence-corrected chi connectivity index (χ3v) is 14.8.